The second kappa shape index (κ2) is 5.23. The van der Waals surface area contributed by atoms with Crippen LogP contribution in [0.25, 0.3) is 0 Å². The van der Waals surface area contributed by atoms with Crippen LogP contribution in [0.1, 0.15) is 30.6 Å². The van der Waals surface area contributed by atoms with Crippen LogP contribution in [0.3, 0.4) is 0 Å². The Morgan fingerprint density at radius 1 is 1.33 bits per heavy atom. The molecule has 0 bridgehead atoms. The molecule has 1 heterocycles. The van der Waals surface area contributed by atoms with E-state index in [4.69, 9.17) is 0 Å². The van der Waals surface area contributed by atoms with Gasteiger partial charge in [-0.25, -0.2) is 13.6 Å². The number of halogens is 2. The number of nitrogens with one attached hydrogen (secondary N) is 1. The second-order valence-corrected chi connectivity index (χ2v) is 5.05. The molecule has 2 rings (SSSR count). The van der Waals surface area contributed by atoms with Gasteiger partial charge in [-0.3, -0.25) is 14.5 Å². The van der Waals surface area contributed by atoms with Crippen molar-refractivity contribution in [3.05, 3.63) is 35.4 Å². The summed E-state index contributed by atoms with van der Waals surface area (Å²) in [5.41, 5.74) is -1.42. The van der Waals surface area contributed by atoms with Crippen LogP contribution in [0.2, 0.25) is 0 Å². The number of amides is 3. The number of carbonyl (C=O) groups excluding carboxylic acids is 3. The fourth-order valence-electron chi connectivity index (χ4n) is 2.07. The van der Waals surface area contributed by atoms with Crippen molar-refractivity contribution >= 4 is 17.7 Å². The Balaban J connectivity index is 2.20. The fourth-order valence-corrected chi connectivity index (χ4v) is 2.07. The smallest absolute Gasteiger partial charge is 0.323 e. The molecule has 1 fully saturated rings. The minimum Gasteiger partial charge on any atom is -0.323 e. The summed E-state index contributed by atoms with van der Waals surface area (Å²) in [7, 11) is 0. The molecule has 1 aromatic carbocycles. The van der Waals surface area contributed by atoms with Crippen LogP contribution in [-0.2, 0) is 4.79 Å². The maximum Gasteiger partial charge on any atom is 0.325 e. The number of carbonyl (C=O) groups is 3. The normalized spacial score (nSPS) is 21.6. The summed E-state index contributed by atoms with van der Waals surface area (Å²) in [5, 5.41) is 2.49. The Morgan fingerprint density at radius 2 is 2.00 bits per heavy atom. The minimum absolute atomic E-state index is 0.359. The number of Topliss-reactive ketones (excluding diaryl/α,β-unsaturated/α-hetero) is 1. The molecule has 0 saturated carbocycles. The van der Waals surface area contributed by atoms with Crippen molar-refractivity contribution in [3.63, 3.8) is 0 Å². The molecule has 0 radical (unpaired) electrons. The highest BCUT2D eigenvalue weighted by Crippen LogP contribution is 2.21. The van der Waals surface area contributed by atoms with E-state index in [1.165, 1.54) is 0 Å². The molecule has 112 valence electrons. The van der Waals surface area contributed by atoms with Crippen molar-refractivity contribution in [2.24, 2.45) is 0 Å². The van der Waals surface area contributed by atoms with Crippen LogP contribution in [0.15, 0.2) is 18.2 Å². The molecule has 21 heavy (non-hydrogen) atoms. The molecule has 1 saturated heterocycles. The summed E-state index contributed by atoms with van der Waals surface area (Å²) in [6.07, 6.45) is 0.368. The molecule has 3 amide bonds. The number of nitrogens with zero attached hydrogens (tertiary/aromatic N) is 1. The zero-order valence-electron chi connectivity index (χ0n) is 11.6. The van der Waals surface area contributed by atoms with Crippen molar-refractivity contribution in [2.75, 3.05) is 6.54 Å². The Labute approximate surface area is 119 Å². The molecule has 0 aliphatic carbocycles. The van der Waals surface area contributed by atoms with Gasteiger partial charge in [-0.1, -0.05) is 6.92 Å². The molecular weight excluding hydrogens is 282 g/mol. The SMILES string of the molecule is CCC1(C)NC(=O)N(CC(=O)c2ccc(F)cc2F)C1=O. The summed E-state index contributed by atoms with van der Waals surface area (Å²) in [6, 6.07) is 1.82. The third-order valence-electron chi connectivity index (χ3n) is 3.59. The van der Waals surface area contributed by atoms with Gasteiger partial charge in [0, 0.05) is 6.07 Å². The van der Waals surface area contributed by atoms with Gasteiger partial charge in [0.15, 0.2) is 5.78 Å². The topological polar surface area (TPSA) is 66.5 Å². The van der Waals surface area contributed by atoms with Crippen molar-refractivity contribution < 1.29 is 23.2 Å². The van der Waals surface area contributed by atoms with E-state index in [2.05, 4.69) is 5.32 Å². The predicted octanol–water partition coefficient (Wildman–Crippen LogP) is 1.87. The fraction of sp³-hybridized carbons (Fsp3) is 0.357. The van der Waals surface area contributed by atoms with Crippen molar-refractivity contribution in [1.29, 1.82) is 0 Å². The van der Waals surface area contributed by atoms with E-state index in [0.29, 0.717) is 12.5 Å². The van der Waals surface area contributed by atoms with Gasteiger partial charge in [-0.05, 0) is 25.5 Å². The highest BCUT2D eigenvalue weighted by molar-refractivity contribution is 6.11. The summed E-state index contributed by atoms with van der Waals surface area (Å²) in [4.78, 5) is 36.6. The molecule has 1 unspecified atom stereocenters. The Hall–Kier alpha value is -2.31. The molecule has 0 aromatic heterocycles. The van der Waals surface area contributed by atoms with E-state index in [0.717, 1.165) is 17.0 Å². The third kappa shape index (κ3) is 2.63. The van der Waals surface area contributed by atoms with Crippen molar-refractivity contribution in [2.45, 2.75) is 25.8 Å². The minimum atomic E-state index is -1.06. The second-order valence-electron chi connectivity index (χ2n) is 5.05. The Morgan fingerprint density at radius 3 is 2.52 bits per heavy atom. The first-order chi connectivity index (χ1) is 9.78. The maximum absolute atomic E-state index is 13.5. The van der Waals surface area contributed by atoms with Crippen LogP contribution in [0.4, 0.5) is 13.6 Å². The molecule has 5 nitrogen and oxygen atoms in total. The highest BCUT2D eigenvalue weighted by Gasteiger charge is 2.47. The summed E-state index contributed by atoms with van der Waals surface area (Å²) < 4.78 is 26.3. The summed E-state index contributed by atoms with van der Waals surface area (Å²) >= 11 is 0. The molecule has 1 N–H and O–H groups in total. The van der Waals surface area contributed by atoms with Gasteiger partial charge in [0.1, 0.15) is 17.2 Å². The van der Waals surface area contributed by atoms with Crippen LogP contribution >= 0.6 is 0 Å². The van der Waals surface area contributed by atoms with E-state index in [1.54, 1.807) is 13.8 Å². The van der Waals surface area contributed by atoms with Crippen LogP contribution in [0, 0.1) is 11.6 Å². The first-order valence-electron chi connectivity index (χ1n) is 6.41. The summed E-state index contributed by atoms with van der Waals surface area (Å²) in [5.74, 6) is -3.13. The first-order valence-corrected chi connectivity index (χ1v) is 6.41. The zero-order chi connectivity index (χ0) is 15.8. The summed E-state index contributed by atoms with van der Waals surface area (Å²) in [6.45, 7) is 2.70. The van der Waals surface area contributed by atoms with E-state index in [9.17, 15) is 23.2 Å². The number of rotatable bonds is 4. The monoisotopic (exact) mass is 296 g/mol. The van der Waals surface area contributed by atoms with Gasteiger partial charge in [-0.2, -0.15) is 0 Å². The molecular formula is C14H14F2N2O3. The molecule has 7 heteroatoms. The lowest BCUT2D eigenvalue weighted by Gasteiger charge is -2.19. The Kier molecular flexibility index (Phi) is 3.76. The lowest BCUT2D eigenvalue weighted by molar-refractivity contribution is -0.130. The van der Waals surface area contributed by atoms with E-state index < -0.39 is 41.4 Å². The molecule has 1 aliphatic heterocycles. The van der Waals surface area contributed by atoms with Crippen LogP contribution in [0.5, 0.6) is 0 Å². The average molecular weight is 296 g/mol. The van der Waals surface area contributed by atoms with Crippen LogP contribution < -0.4 is 5.32 Å². The van der Waals surface area contributed by atoms with E-state index >= 15 is 0 Å². The van der Waals surface area contributed by atoms with Crippen molar-refractivity contribution in [3.8, 4) is 0 Å². The average Bonchev–Trinajstić information content (AvgIpc) is 2.63. The lowest BCUT2D eigenvalue weighted by atomic mass is 9.99. The zero-order valence-corrected chi connectivity index (χ0v) is 11.6. The first kappa shape index (κ1) is 15.1. The third-order valence-corrected chi connectivity index (χ3v) is 3.59. The number of hydrogen-bond donors (Lipinski definition) is 1. The highest BCUT2D eigenvalue weighted by atomic mass is 19.1. The quantitative estimate of drug-likeness (QED) is 0.681. The van der Waals surface area contributed by atoms with Gasteiger partial charge in [0.2, 0.25) is 0 Å². The number of ketones is 1. The Bertz CT molecular complexity index is 633. The van der Waals surface area contributed by atoms with E-state index in [-0.39, 0.29) is 5.56 Å². The number of urea groups is 1. The van der Waals surface area contributed by atoms with Gasteiger partial charge < -0.3 is 5.32 Å². The lowest BCUT2D eigenvalue weighted by Crippen LogP contribution is -2.43. The number of hydrogen-bond acceptors (Lipinski definition) is 3. The van der Waals surface area contributed by atoms with Crippen LogP contribution in [-0.4, -0.2) is 34.7 Å². The molecule has 1 atom stereocenters. The van der Waals surface area contributed by atoms with E-state index in [1.807, 2.05) is 0 Å². The number of benzene rings is 1. The molecule has 0 spiro atoms. The maximum atomic E-state index is 13.5. The van der Waals surface area contributed by atoms with Gasteiger partial charge in [0.05, 0.1) is 12.1 Å². The predicted molar refractivity (Wildman–Crippen MR) is 69.6 cm³/mol. The van der Waals surface area contributed by atoms with Gasteiger partial charge in [0.25, 0.3) is 5.91 Å². The standard InChI is InChI=1S/C14H14F2N2O3/c1-3-14(2)12(20)18(13(21)17-14)7-11(19)9-5-4-8(15)6-10(9)16/h4-6H,3,7H2,1-2H3,(H,17,21). The van der Waals surface area contributed by atoms with Gasteiger partial charge in [-0.15, -0.1) is 0 Å². The van der Waals surface area contributed by atoms with Gasteiger partial charge >= 0.3 is 6.03 Å². The molecule has 1 aliphatic rings. The van der Waals surface area contributed by atoms with Crippen molar-refractivity contribution in [1.82, 2.24) is 10.2 Å². The number of imide groups is 1. The molecule has 1 aromatic rings. The largest absolute Gasteiger partial charge is 0.325 e.